The van der Waals surface area contributed by atoms with Crippen LogP contribution in [0.15, 0.2) is 12.4 Å². The Balaban J connectivity index is 1.69. The number of amides is 1. The van der Waals surface area contributed by atoms with Crippen molar-refractivity contribution in [3.8, 4) is 0 Å². The summed E-state index contributed by atoms with van der Waals surface area (Å²) >= 11 is 0. The van der Waals surface area contributed by atoms with Crippen molar-refractivity contribution in [1.29, 1.82) is 0 Å². The van der Waals surface area contributed by atoms with Gasteiger partial charge in [-0.25, -0.2) is 4.79 Å². The number of ether oxygens (including phenoxy) is 1. The zero-order valence-electron chi connectivity index (χ0n) is 14.8. The number of rotatable bonds is 5. The summed E-state index contributed by atoms with van der Waals surface area (Å²) in [5.41, 5.74) is 0.805. The summed E-state index contributed by atoms with van der Waals surface area (Å²) in [5, 5.41) is 10.8. The molecule has 1 saturated carbocycles. The number of nitrogens with zero attached hydrogens (tertiary/aromatic N) is 2. The highest BCUT2D eigenvalue weighted by Crippen LogP contribution is 2.19. The van der Waals surface area contributed by atoms with Gasteiger partial charge in [-0.15, -0.1) is 0 Å². The maximum atomic E-state index is 11.9. The van der Waals surface area contributed by atoms with E-state index in [1.807, 2.05) is 38.7 Å². The van der Waals surface area contributed by atoms with E-state index in [0.29, 0.717) is 6.04 Å². The maximum Gasteiger partial charge on any atom is 0.407 e. The molecule has 2 unspecified atom stereocenters. The van der Waals surface area contributed by atoms with E-state index < -0.39 is 5.60 Å². The lowest BCUT2D eigenvalue weighted by atomic mass is 9.91. The first-order chi connectivity index (χ1) is 10.8. The summed E-state index contributed by atoms with van der Waals surface area (Å²) in [7, 11) is 1.94. The molecule has 0 saturated heterocycles. The predicted octanol–water partition coefficient (Wildman–Crippen LogP) is 2.39. The van der Waals surface area contributed by atoms with Crippen LogP contribution < -0.4 is 10.6 Å². The van der Waals surface area contributed by atoms with Crippen molar-refractivity contribution in [2.24, 2.45) is 7.05 Å². The molecule has 6 nitrogen and oxygen atoms in total. The summed E-state index contributed by atoms with van der Waals surface area (Å²) in [5.74, 6) is 0. The quantitative estimate of drug-likeness (QED) is 0.873. The van der Waals surface area contributed by atoms with Crippen molar-refractivity contribution in [2.45, 2.75) is 70.6 Å². The summed E-state index contributed by atoms with van der Waals surface area (Å²) in [6.45, 7) is 6.60. The van der Waals surface area contributed by atoms with E-state index in [-0.39, 0.29) is 12.1 Å². The van der Waals surface area contributed by atoms with Crippen LogP contribution in [0.1, 0.15) is 52.0 Å². The average Bonchev–Trinajstić information content (AvgIpc) is 2.82. The van der Waals surface area contributed by atoms with E-state index in [1.54, 1.807) is 0 Å². The molecule has 2 rings (SSSR count). The molecular formula is C17H30N4O2. The number of aromatic nitrogens is 2. The van der Waals surface area contributed by atoms with Gasteiger partial charge in [-0.3, -0.25) is 4.68 Å². The zero-order valence-corrected chi connectivity index (χ0v) is 14.8. The molecule has 1 fully saturated rings. The molecule has 0 aliphatic heterocycles. The lowest BCUT2D eigenvalue weighted by molar-refractivity contribution is 0.0489. The van der Waals surface area contributed by atoms with Gasteiger partial charge in [0.25, 0.3) is 0 Å². The van der Waals surface area contributed by atoms with Gasteiger partial charge in [0.1, 0.15) is 5.60 Å². The third-order valence-electron chi connectivity index (χ3n) is 4.00. The van der Waals surface area contributed by atoms with Gasteiger partial charge in [0.05, 0.1) is 6.20 Å². The van der Waals surface area contributed by atoms with E-state index in [0.717, 1.165) is 32.2 Å². The molecule has 0 radical (unpaired) electrons. The Morgan fingerprint density at radius 3 is 2.78 bits per heavy atom. The SMILES string of the molecule is Cn1cc(CCNC2CCCC(NC(=O)OC(C)(C)C)C2)cn1. The van der Waals surface area contributed by atoms with Crippen LogP contribution in [-0.2, 0) is 18.2 Å². The number of hydrogen-bond acceptors (Lipinski definition) is 4. The highest BCUT2D eigenvalue weighted by Gasteiger charge is 2.25. The van der Waals surface area contributed by atoms with Crippen LogP contribution in [0.25, 0.3) is 0 Å². The minimum Gasteiger partial charge on any atom is -0.444 e. The van der Waals surface area contributed by atoms with E-state index in [2.05, 4.69) is 21.9 Å². The van der Waals surface area contributed by atoms with Gasteiger partial charge in [-0.1, -0.05) is 0 Å². The second kappa shape index (κ2) is 7.81. The first-order valence-corrected chi connectivity index (χ1v) is 8.52. The van der Waals surface area contributed by atoms with Crippen LogP contribution in [0.5, 0.6) is 0 Å². The van der Waals surface area contributed by atoms with Gasteiger partial charge < -0.3 is 15.4 Å². The molecule has 2 N–H and O–H groups in total. The Hall–Kier alpha value is -1.56. The molecule has 1 aromatic heterocycles. The molecule has 6 heteroatoms. The van der Waals surface area contributed by atoms with Gasteiger partial charge >= 0.3 is 6.09 Å². The molecular weight excluding hydrogens is 292 g/mol. The number of hydrogen-bond donors (Lipinski definition) is 2. The van der Waals surface area contributed by atoms with E-state index >= 15 is 0 Å². The van der Waals surface area contributed by atoms with Gasteiger partial charge in [-0.2, -0.15) is 5.10 Å². The normalized spacial score (nSPS) is 21.9. The van der Waals surface area contributed by atoms with Crippen LogP contribution in [0.3, 0.4) is 0 Å². The van der Waals surface area contributed by atoms with E-state index in [4.69, 9.17) is 4.74 Å². The van der Waals surface area contributed by atoms with Crippen molar-refractivity contribution in [3.05, 3.63) is 18.0 Å². The van der Waals surface area contributed by atoms with Gasteiger partial charge in [0.15, 0.2) is 0 Å². The van der Waals surface area contributed by atoms with Crippen LogP contribution in [-0.4, -0.2) is 40.1 Å². The van der Waals surface area contributed by atoms with E-state index in [1.165, 1.54) is 12.0 Å². The van der Waals surface area contributed by atoms with Gasteiger partial charge in [0, 0.05) is 25.3 Å². The van der Waals surface area contributed by atoms with Crippen molar-refractivity contribution >= 4 is 6.09 Å². The van der Waals surface area contributed by atoms with Gasteiger partial charge in [-0.05, 0) is 65.0 Å². The Morgan fingerprint density at radius 1 is 1.39 bits per heavy atom. The molecule has 1 heterocycles. The number of alkyl carbamates (subject to hydrolysis) is 1. The minimum atomic E-state index is -0.444. The summed E-state index contributed by atoms with van der Waals surface area (Å²) in [4.78, 5) is 11.9. The van der Waals surface area contributed by atoms with E-state index in [9.17, 15) is 4.79 Å². The average molecular weight is 322 g/mol. The van der Waals surface area contributed by atoms with Crippen LogP contribution in [0.2, 0.25) is 0 Å². The summed E-state index contributed by atoms with van der Waals surface area (Å²) in [6.07, 6.45) is 8.93. The predicted molar refractivity (Wildman–Crippen MR) is 90.3 cm³/mol. The third-order valence-corrected chi connectivity index (χ3v) is 4.00. The molecule has 1 amide bonds. The Labute approximate surface area is 139 Å². The molecule has 0 aromatic carbocycles. The maximum absolute atomic E-state index is 11.9. The summed E-state index contributed by atoms with van der Waals surface area (Å²) < 4.78 is 7.17. The monoisotopic (exact) mass is 322 g/mol. The lowest BCUT2D eigenvalue weighted by Gasteiger charge is -2.31. The van der Waals surface area contributed by atoms with Crippen LogP contribution in [0, 0.1) is 0 Å². The first-order valence-electron chi connectivity index (χ1n) is 8.52. The topological polar surface area (TPSA) is 68.2 Å². The minimum absolute atomic E-state index is 0.203. The third kappa shape index (κ3) is 6.60. The van der Waals surface area contributed by atoms with Crippen molar-refractivity contribution < 1.29 is 9.53 Å². The Kier molecular flexibility index (Phi) is 6.04. The zero-order chi connectivity index (χ0) is 16.9. The highest BCUT2D eigenvalue weighted by molar-refractivity contribution is 5.68. The smallest absolute Gasteiger partial charge is 0.407 e. The number of carbonyl (C=O) groups is 1. The molecule has 1 aliphatic carbocycles. The lowest BCUT2D eigenvalue weighted by Crippen LogP contribution is -2.45. The number of carbonyl (C=O) groups excluding carboxylic acids is 1. The van der Waals surface area contributed by atoms with Gasteiger partial charge in [0.2, 0.25) is 0 Å². The fourth-order valence-electron chi connectivity index (χ4n) is 3.00. The first kappa shape index (κ1) is 17.8. The molecule has 0 spiro atoms. The fraction of sp³-hybridized carbons (Fsp3) is 0.765. The molecule has 0 bridgehead atoms. The van der Waals surface area contributed by atoms with Crippen LogP contribution >= 0.6 is 0 Å². The second-order valence-electron chi connectivity index (χ2n) is 7.43. The molecule has 1 aromatic rings. The van der Waals surface area contributed by atoms with Crippen molar-refractivity contribution in [2.75, 3.05) is 6.54 Å². The summed E-state index contributed by atoms with van der Waals surface area (Å²) in [6, 6.07) is 0.662. The standard InChI is InChI=1S/C17H30N4O2/c1-17(2,3)23-16(22)20-15-7-5-6-14(10-15)18-9-8-13-11-19-21(4)12-13/h11-12,14-15,18H,5-10H2,1-4H3,(H,20,22). The fourth-order valence-corrected chi connectivity index (χ4v) is 3.00. The van der Waals surface area contributed by atoms with Crippen molar-refractivity contribution in [3.63, 3.8) is 0 Å². The Bertz CT molecular complexity index is 507. The molecule has 1 aliphatic rings. The van der Waals surface area contributed by atoms with Crippen LogP contribution in [0.4, 0.5) is 4.79 Å². The molecule has 23 heavy (non-hydrogen) atoms. The second-order valence-corrected chi connectivity index (χ2v) is 7.43. The highest BCUT2D eigenvalue weighted by atomic mass is 16.6. The largest absolute Gasteiger partial charge is 0.444 e. The molecule has 2 atom stereocenters. The number of nitrogens with one attached hydrogen (secondary N) is 2. The number of aryl methyl sites for hydroxylation is 1. The molecule has 130 valence electrons. The van der Waals surface area contributed by atoms with Crippen molar-refractivity contribution in [1.82, 2.24) is 20.4 Å². The Morgan fingerprint density at radius 2 is 2.13 bits per heavy atom.